The van der Waals surface area contributed by atoms with Gasteiger partial charge in [-0.25, -0.2) is 4.98 Å². The fourth-order valence-electron chi connectivity index (χ4n) is 3.61. The zero-order chi connectivity index (χ0) is 23.5. The monoisotopic (exact) mass is 464 g/mol. The van der Waals surface area contributed by atoms with E-state index in [9.17, 15) is 9.59 Å². The van der Waals surface area contributed by atoms with E-state index in [1.165, 1.54) is 4.52 Å². The molecule has 0 saturated carbocycles. The predicted octanol–water partition coefficient (Wildman–Crippen LogP) is 4.18. The van der Waals surface area contributed by atoms with E-state index in [-0.39, 0.29) is 30.1 Å². The first-order valence-electron chi connectivity index (χ1n) is 10.6. The van der Waals surface area contributed by atoms with Gasteiger partial charge in [-0.2, -0.15) is 9.50 Å². The largest absolute Gasteiger partial charge is 0.351 e. The molecule has 0 saturated heterocycles. The topological polar surface area (TPSA) is 104 Å². The number of amides is 1. The van der Waals surface area contributed by atoms with Crippen LogP contribution in [0.3, 0.4) is 0 Å². The van der Waals surface area contributed by atoms with Crippen LogP contribution in [-0.2, 0) is 17.8 Å². The Labute approximate surface area is 196 Å². The van der Waals surface area contributed by atoms with Crippen molar-refractivity contribution in [1.29, 1.82) is 0 Å². The van der Waals surface area contributed by atoms with Crippen LogP contribution >= 0.6 is 11.6 Å². The van der Waals surface area contributed by atoms with Gasteiger partial charge >= 0.3 is 0 Å². The first-order chi connectivity index (χ1) is 15.8. The number of rotatable bonds is 7. The van der Waals surface area contributed by atoms with Crippen LogP contribution in [0.15, 0.2) is 47.3 Å². The SMILES string of the molecule is Cc1ccc(NC(=O)CCc2c(C)nc3nc(NCc4ccc(Cl)cc4)[nH]n3c2=O)c(C)c1. The highest BCUT2D eigenvalue weighted by Crippen LogP contribution is 2.17. The van der Waals surface area contributed by atoms with Crippen molar-refractivity contribution in [3.8, 4) is 0 Å². The molecule has 0 atom stereocenters. The van der Waals surface area contributed by atoms with E-state index in [0.717, 1.165) is 22.4 Å². The highest BCUT2D eigenvalue weighted by molar-refractivity contribution is 6.30. The van der Waals surface area contributed by atoms with Gasteiger partial charge in [-0.3, -0.25) is 14.7 Å². The molecule has 0 bridgehead atoms. The Morgan fingerprint density at radius 1 is 1.09 bits per heavy atom. The molecule has 2 aromatic carbocycles. The summed E-state index contributed by atoms with van der Waals surface area (Å²) in [5, 5.41) is 9.68. The third kappa shape index (κ3) is 5.23. The first kappa shape index (κ1) is 22.5. The predicted molar refractivity (Wildman–Crippen MR) is 130 cm³/mol. The van der Waals surface area contributed by atoms with Crippen LogP contribution in [0.25, 0.3) is 5.78 Å². The number of hydrogen-bond acceptors (Lipinski definition) is 5. The van der Waals surface area contributed by atoms with Gasteiger partial charge in [0.1, 0.15) is 0 Å². The number of carbonyl (C=O) groups excluding carboxylic acids is 1. The van der Waals surface area contributed by atoms with Crippen LogP contribution in [0.1, 0.15) is 34.4 Å². The highest BCUT2D eigenvalue weighted by atomic mass is 35.5. The smallest absolute Gasteiger partial charge is 0.277 e. The van der Waals surface area contributed by atoms with Gasteiger partial charge in [0, 0.05) is 29.2 Å². The van der Waals surface area contributed by atoms with E-state index < -0.39 is 0 Å². The Morgan fingerprint density at radius 3 is 2.58 bits per heavy atom. The molecule has 8 nitrogen and oxygen atoms in total. The maximum absolute atomic E-state index is 13.0. The lowest BCUT2D eigenvalue weighted by atomic mass is 10.1. The number of fused-ring (bicyclic) bond motifs is 1. The molecule has 0 radical (unpaired) electrons. The maximum atomic E-state index is 13.0. The molecule has 0 fully saturated rings. The van der Waals surface area contributed by atoms with Crippen molar-refractivity contribution in [2.24, 2.45) is 0 Å². The summed E-state index contributed by atoms with van der Waals surface area (Å²) in [4.78, 5) is 34.3. The third-order valence-corrected chi connectivity index (χ3v) is 5.68. The van der Waals surface area contributed by atoms with Gasteiger partial charge in [0.25, 0.3) is 11.3 Å². The molecule has 2 heterocycles. The molecule has 3 N–H and O–H groups in total. The Kier molecular flexibility index (Phi) is 6.46. The number of aromatic nitrogens is 4. The summed E-state index contributed by atoms with van der Waals surface area (Å²) in [6.07, 6.45) is 0.455. The van der Waals surface area contributed by atoms with Crippen LogP contribution < -0.4 is 16.2 Å². The second-order valence-electron chi connectivity index (χ2n) is 8.04. The minimum absolute atomic E-state index is 0.152. The van der Waals surface area contributed by atoms with Gasteiger partial charge in [-0.1, -0.05) is 41.4 Å². The molecule has 0 spiro atoms. The van der Waals surface area contributed by atoms with Gasteiger partial charge in [-0.15, -0.1) is 0 Å². The summed E-state index contributed by atoms with van der Waals surface area (Å²) < 4.78 is 1.30. The van der Waals surface area contributed by atoms with E-state index in [1.54, 1.807) is 6.92 Å². The number of aromatic amines is 1. The molecule has 0 aliphatic rings. The summed E-state index contributed by atoms with van der Waals surface area (Å²) in [6.45, 7) is 6.23. The van der Waals surface area contributed by atoms with Crippen molar-refractivity contribution in [1.82, 2.24) is 19.6 Å². The standard InChI is InChI=1S/C24H25ClN6O2/c1-14-4-10-20(15(2)12-14)28-21(32)11-9-19-16(3)27-24-29-23(30-31(24)22(19)33)26-13-17-5-7-18(25)8-6-17/h4-8,10,12H,9,11,13H2,1-3H3,(H,28,32)(H2,26,27,29,30). The lowest BCUT2D eigenvalue weighted by molar-refractivity contribution is -0.116. The van der Waals surface area contributed by atoms with Crippen molar-refractivity contribution in [2.45, 2.75) is 40.2 Å². The summed E-state index contributed by atoms with van der Waals surface area (Å²) in [5.74, 6) is 0.555. The number of hydrogen-bond donors (Lipinski definition) is 3. The molecule has 4 aromatic rings. The van der Waals surface area contributed by atoms with E-state index in [4.69, 9.17) is 11.6 Å². The lowest BCUT2D eigenvalue weighted by Crippen LogP contribution is -2.23. The molecule has 170 valence electrons. The van der Waals surface area contributed by atoms with E-state index in [0.29, 0.717) is 28.8 Å². The Balaban J connectivity index is 1.45. The van der Waals surface area contributed by atoms with Crippen molar-refractivity contribution in [2.75, 3.05) is 10.6 Å². The summed E-state index contributed by atoms with van der Waals surface area (Å²) in [5.41, 5.74) is 4.72. The number of carbonyl (C=O) groups is 1. The second-order valence-corrected chi connectivity index (χ2v) is 8.47. The van der Waals surface area contributed by atoms with Gasteiger partial charge in [0.2, 0.25) is 11.9 Å². The molecule has 33 heavy (non-hydrogen) atoms. The number of benzene rings is 2. The van der Waals surface area contributed by atoms with Crippen LogP contribution in [0.5, 0.6) is 0 Å². The van der Waals surface area contributed by atoms with Crippen LogP contribution in [-0.4, -0.2) is 25.5 Å². The molecular formula is C24H25ClN6O2. The average Bonchev–Trinajstić information content (AvgIpc) is 3.18. The number of nitrogens with one attached hydrogen (secondary N) is 3. The lowest BCUT2D eigenvalue weighted by Gasteiger charge is -2.09. The average molecular weight is 465 g/mol. The highest BCUT2D eigenvalue weighted by Gasteiger charge is 2.15. The van der Waals surface area contributed by atoms with E-state index in [2.05, 4.69) is 25.7 Å². The minimum Gasteiger partial charge on any atom is -0.351 e. The van der Waals surface area contributed by atoms with Crippen molar-refractivity contribution >= 4 is 34.9 Å². The van der Waals surface area contributed by atoms with Gasteiger partial charge in [-0.05, 0) is 56.5 Å². The zero-order valence-electron chi connectivity index (χ0n) is 18.7. The van der Waals surface area contributed by atoms with Crippen LogP contribution in [0.2, 0.25) is 5.02 Å². The molecule has 2 aromatic heterocycles. The summed E-state index contributed by atoms with van der Waals surface area (Å²) >= 11 is 5.92. The van der Waals surface area contributed by atoms with E-state index in [1.807, 2.05) is 56.3 Å². The van der Waals surface area contributed by atoms with Gasteiger partial charge in [0.05, 0.1) is 5.69 Å². The number of H-pyrrole nitrogens is 1. The van der Waals surface area contributed by atoms with Crippen molar-refractivity contribution in [3.05, 3.63) is 85.8 Å². The van der Waals surface area contributed by atoms with Crippen molar-refractivity contribution in [3.63, 3.8) is 0 Å². The fourth-order valence-corrected chi connectivity index (χ4v) is 3.74. The number of halogens is 1. The molecule has 1 amide bonds. The summed E-state index contributed by atoms with van der Waals surface area (Å²) in [6, 6.07) is 13.3. The molecule has 0 unspecified atom stereocenters. The molecule has 4 rings (SSSR count). The first-order valence-corrected chi connectivity index (χ1v) is 11.0. The zero-order valence-corrected chi connectivity index (χ0v) is 19.5. The minimum atomic E-state index is -0.260. The number of nitrogens with zero attached hydrogens (tertiary/aromatic N) is 3. The van der Waals surface area contributed by atoms with E-state index >= 15 is 0 Å². The van der Waals surface area contributed by atoms with Crippen molar-refractivity contribution < 1.29 is 4.79 Å². The summed E-state index contributed by atoms with van der Waals surface area (Å²) in [7, 11) is 0. The Bertz CT molecular complexity index is 1370. The Hall–Kier alpha value is -3.65. The van der Waals surface area contributed by atoms with Gasteiger partial charge in [0.15, 0.2) is 0 Å². The van der Waals surface area contributed by atoms with Crippen LogP contribution in [0, 0.1) is 20.8 Å². The molecular weight excluding hydrogens is 440 g/mol. The molecule has 9 heteroatoms. The van der Waals surface area contributed by atoms with Gasteiger partial charge < -0.3 is 10.6 Å². The number of aryl methyl sites for hydroxylation is 3. The Morgan fingerprint density at radius 2 is 1.85 bits per heavy atom. The maximum Gasteiger partial charge on any atom is 0.277 e. The second kappa shape index (κ2) is 9.46. The molecule has 0 aliphatic carbocycles. The molecule has 0 aliphatic heterocycles. The quantitative estimate of drug-likeness (QED) is 0.380. The third-order valence-electron chi connectivity index (χ3n) is 5.43. The van der Waals surface area contributed by atoms with Crippen LogP contribution in [0.4, 0.5) is 11.6 Å². The normalized spacial score (nSPS) is 11.0. The number of anilines is 2. The fraction of sp³-hybridized carbons (Fsp3) is 0.250.